The van der Waals surface area contributed by atoms with E-state index in [1.165, 1.54) is 61.7 Å². The zero-order chi connectivity index (χ0) is 26.6. The Balaban J connectivity index is 1.29. The van der Waals surface area contributed by atoms with E-state index in [1.54, 1.807) is 0 Å². The van der Waals surface area contributed by atoms with Gasteiger partial charge in [0.1, 0.15) is 0 Å². The minimum Gasteiger partial charge on any atom is -0.404 e. The molecule has 2 aromatic rings. The van der Waals surface area contributed by atoms with Crippen LogP contribution < -0.4 is 10.4 Å². The van der Waals surface area contributed by atoms with Crippen LogP contribution in [0.2, 0.25) is 5.04 Å². The van der Waals surface area contributed by atoms with Crippen molar-refractivity contribution in [2.75, 3.05) is 0 Å². The van der Waals surface area contributed by atoms with Crippen molar-refractivity contribution in [3.05, 3.63) is 60.7 Å². The van der Waals surface area contributed by atoms with Gasteiger partial charge in [-0.15, -0.1) is 0 Å². The first-order chi connectivity index (χ1) is 18.2. The van der Waals surface area contributed by atoms with Gasteiger partial charge in [-0.05, 0) is 102 Å². The number of fused-ring (bicyclic) bond motifs is 5. The second-order valence-electron chi connectivity index (χ2n) is 14.5. The highest BCUT2D eigenvalue weighted by Gasteiger charge is 2.60. The number of hydrogen-bond donors (Lipinski definition) is 0. The number of nitrogens with zero attached hydrogens (tertiary/aromatic N) is 1. The van der Waals surface area contributed by atoms with Crippen molar-refractivity contribution in [3.8, 4) is 6.07 Å². The maximum atomic E-state index is 10.2. The summed E-state index contributed by atoms with van der Waals surface area (Å²) in [4.78, 5) is 0. The van der Waals surface area contributed by atoms with Crippen molar-refractivity contribution in [1.82, 2.24) is 0 Å². The molecule has 0 saturated heterocycles. The summed E-state index contributed by atoms with van der Waals surface area (Å²) in [5, 5.41) is 13.0. The molecule has 7 atom stereocenters. The summed E-state index contributed by atoms with van der Waals surface area (Å²) in [5.41, 5.74) is 0.423. The second-order valence-corrected chi connectivity index (χ2v) is 18.8. The molecule has 0 aliphatic heterocycles. The summed E-state index contributed by atoms with van der Waals surface area (Å²) >= 11 is 0. The van der Waals surface area contributed by atoms with Gasteiger partial charge in [0.05, 0.1) is 11.5 Å². The number of nitriles is 1. The highest BCUT2D eigenvalue weighted by Crippen LogP contribution is 2.66. The highest BCUT2D eigenvalue weighted by molar-refractivity contribution is 6.99. The Morgan fingerprint density at radius 2 is 1.47 bits per heavy atom. The van der Waals surface area contributed by atoms with E-state index in [1.807, 2.05) is 0 Å². The number of rotatable bonds is 4. The molecule has 6 rings (SSSR count). The molecule has 0 aromatic heterocycles. The van der Waals surface area contributed by atoms with Crippen molar-refractivity contribution in [2.24, 2.45) is 34.5 Å². The lowest BCUT2D eigenvalue weighted by Gasteiger charge is -2.60. The molecule has 38 heavy (non-hydrogen) atoms. The molecule has 2 unspecified atom stereocenters. The predicted octanol–water partition coefficient (Wildman–Crippen LogP) is 7.87. The van der Waals surface area contributed by atoms with Gasteiger partial charge in [0.2, 0.25) is 0 Å². The third-order valence-electron chi connectivity index (χ3n) is 11.9. The van der Waals surface area contributed by atoms with Crippen molar-refractivity contribution in [2.45, 2.75) is 103 Å². The minimum absolute atomic E-state index is 0.00789. The van der Waals surface area contributed by atoms with Crippen molar-refractivity contribution < 1.29 is 4.43 Å². The van der Waals surface area contributed by atoms with E-state index in [0.717, 1.165) is 30.6 Å². The van der Waals surface area contributed by atoms with Crippen LogP contribution in [-0.2, 0) is 4.43 Å². The summed E-state index contributed by atoms with van der Waals surface area (Å²) in [6.07, 6.45) is 12.8. The summed E-state index contributed by atoms with van der Waals surface area (Å²) < 4.78 is 7.64. The summed E-state index contributed by atoms with van der Waals surface area (Å²) in [5.74, 6) is 2.99. The Kier molecular flexibility index (Phi) is 6.68. The fourth-order valence-corrected chi connectivity index (χ4v) is 14.8. The minimum atomic E-state index is -2.52. The predicted molar refractivity (Wildman–Crippen MR) is 159 cm³/mol. The van der Waals surface area contributed by atoms with Crippen LogP contribution in [0, 0.1) is 45.8 Å². The van der Waals surface area contributed by atoms with Gasteiger partial charge >= 0.3 is 0 Å². The van der Waals surface area contributed by atoms with Crippen LogP contribution >= 0.6 is 0 Å². The molecular formula is C35H47NOSi. The molecule has 3 heteroatoms. The van der Waals surface area contributed by atoms with E-state index in [-0.39, 0.29) is 10.5 Å². The zero-order valence-corrected chi connectivity index (χ0v) is 25.1. The molecule has 4 fully saturated rings. The lowest BCUT2D eigenvalue weighted by atomic mass is 9.45. The third-order valence-corrected chi connectivity index (χ3v) is 17.0. The summed E-state index contributed by atoms with van der Waals surface area (Å²) in [6.45, 7) is 9.86. The van der Waals surface area contributed by atoms with Gasteiger partial charge in [-0.25, -0.2) is 0 Å². The maximum Gasteiger partial charge on any atom is 0.261 e. The first-order valence-corrected chi connectivity index (χ1v) is 17.3. The van der Waals surface area contributed by atoms with E-state index in [4.69, 9.17) is 4.43 Å². The fraction of sp³-hybridized carbons (Fsp3) is 0.629. The van der Waals surface area contributed by atoms with Gasteiger partial charge in [-0.3, -0.25) is 0 Å². The van der Waals surface area contributed by atoms with Crippen molar-refractivity contribution in [3.63, 3.8) is 0 Å². The quantitative estimate of drug-likeness (QED) is 0.381. The first kappa shape index (κ1) is 26.3. The monoisotopic (exact) mass is 525 g/mol. The maximum absolute atomic E-state index is 10.2. The molecule has 0 amide bonds. The Bertz CT molecular complexity index is 1130. The Labute approximate surface area is 232 Å². The zero-order valence-electron chi connectivity index (χ0n) is 24.1. The molecule has 2 aromatic carbocycles. The number of hydrogen-bond acceptors (Lipinski definition) is 2. The van der Waals surface area contributed by atoms with Crippen LogP contribution in [0.25, 0.3) is 0 Å². The van der Waals surface area contributed by atoms with Crippen LogP contribution in [0.3, 0.4) is 0 Å². The van der Waals surface area contributed by atoms with Gasteiger partial charge in [0.25, 0.3) is 8.32 Å². The lowest BCUT2D eigenvalue weighted by molar-refractivity contribution is -0.112. The molecular weight excluding hydrogens is 478 g/mol. The Hall–Kier alpha value is -1.89. The average Bonchev–Trinajstić information content (AvgIpc) is 3.37. The first-order valence-electron chi connectivity index (χ1n) is 15.4. The summed E-state index contributed by atoms with van der Waals surface area (Å²) in [7, 11) is -2.52. The summed E-state index contributed by atoms with van der Waals surface area (Å²) in [6, 6.07) is 25.2. The molecule has 4 aliphatic rings. The van der Waals surface area contributed by atoms with Gasteiger partial charge in [0.15, 0.2) is 0 Å². The van der Waals surface area contributed by atoms with E-state index in [2.05, 4.69) is 94.4 Å². The van der Waals surface area contributed by atoms with Crippen LogP contribution in [0.1, 0.15) is 91.9 Å². The van der Waals surface area contributed by atoms with Crippen molar-refractivity contribution in [1.29, 1.82) is 5.26 Å². The normalized spacial score (nSPS) is 37.0. The standard InChI is InChI=1S/C35H47NOSi/c1-33(2,3)38(28-12-7-5-8-13-28,29-14-9-6-10-15-29)37-27-19-22-34(4)26(24-27)17-18-30-31(34)20-23-35(25-36)21-11-16-32(30)35/h5-10,12-15,26-27,30-32H,11,16-24H2,1-4H3/t26?,27?,30-,31+,32-,34+,35+/m1/s1. The van der Waals surface area contributed by atoms with E-state index in [0.29, 0.717) is 17.4 Å². The molecule has 0 spiro atoms. The second kappa shape index (κ2) is 9.63. The molecule has 4 aliphatic carbocycles. The SMILES string of the molecule is CC(C)(C)[Si](OC1CC[C@@]2(C)C(CC[C@H]3[C@H]4CCC[C@@]4(C#N)CC[C@@H]32)C1)(c1ccccc1)c1ccccc1. The molecule has 0 heterocycles. The van der Waals surface area contributed by atoms with Crippen molar-refractivity contribution >= 4 is 18.7 Å². The fourth-order valence-electron chi connectivity index (χ4n) is 10.1. The van der Waals surface area contributed by atoms with Gasteiger partial charge in [0, 0.05) is 6.10 Å². The van der Waals surface area contributed by atoms with E-state index < -0.39 is 8.32 Å². The lowest BCUT2D eigenvalue weighted by Crippen LogP contribution is -2.68. The molecule has 202 valence electrons. The molecule has 0 radical (unpaired) electrons. The average molecular weight is 526 g/mol. The van der Waals surface area contributed by atoms with Crippen LogP contribution in [0.4, 0.5) is 0 Å². The molecule has 4 saturated carbocycles. The Morgan fingerprint density at radius 3 is 2.08 bits per heavy atom. The third kappa shape index (κ3) is 3.96. The largest absolute Gasteiger partial charge is 0.404 e. The van der Waals surface area contributed by atoms with E-state index >= 15 is 0 Å². The number of benzene rings is 2. The van der Waals surface area contributed by atoms with Crippen LogP contribution in [0.5, 0.6) is 0 Å². The topological polar surface area (TPSA) is 33.0 Å². The highest BCUT2D eigenvalue weighted by atomic mass is 28.4. The smallest absolute Gasteiger partial charge is 0.261 e. The van der Waals surface area contributed by atoms with Crippen LogP contribution in [0.15, 0.2) is 60.7 Å². The van der Waals surface area contributed by atoms with Gasteiger partial charge in [-0.2, -0.15) is 5.26 Å². The molecule has 0 N–H and O–H groups in total. The van der Waals surface area contributed by atoms with E-state index in [9.17, 15) is 5.26 Å². The molecule has 0 bridgehead atoms. The van der Waals surface area contributed by atoms with Crippen LogP contribution in [-0.4, -0.2) is 14.4 Å². The molecule has 2 nitrogen and oxygen atoms in total. The Morgan fingerprint density at radius 1 is 0.816 bits per heavy atom. The van der Waals surface area contributed by atoms with Gasteiger partial charge < -0.3 is 4.43 Å². The van der Waals surface area contributed by atoms with Gasteiger partial charge in [-0.1, -0.05) is 94.8 Å².